The summed E-state index contributed by atoms with van der Waals surface area (Å²) in [4.78, 5) is 23.5. The molecule has 2 unspecified atom stereocenters. The van der Waals surface area contributed by atoms with Gasteiger partial charge in [0.05, 0.1) is 18.6 Å². The van der Waals surface area contributed by atoms with Gasteiger partial charge in [-0.1, -0.05) is 6.07 Å². The van der Waals surface area contributed by atoms with Gasteiger partial charge in [0.1, 0.15) is 0 Å². The molecule has 1 aromatic carbocycles. The highest BCUT2D eigenvalue weighted by Gasteiger charge is 2.25. The van der Waals surface area contributed by atoms with E-state index in [4.69, 9.17) is 4.74 Å². The van der Waals surface area contributed by atoms with Crippen LogP contribution in [0.4, 0.5) is 5.69 Å². The third-order valence-corrected chi connectivity index (χ3v) is 3.88. The molecule has 106 valence electrons. The average molecular weight is 274 g/mol. The Labute approximate surface area is 117 Å². The lowest BCUT2D eigenvalue weighted by Gasteiger charge is -2.20. The van der Waals surface area contributed by atoms with E-state index in [9.17, 15) is 9.59 Å². The molecule has 2 N–H and O–H groups in total. The minimum Gasteiger partial charge on any atom is -0.376 e. The highest BCUT2D eigenvalue weighted by Crippen LogP contribution is 2.24. The molecule has 2 amide bonds. The number of hydrogen-bond donors (Lipinski definition) is 2. The van der Waals surface area contributed by atoms with E-state index in [1.54, 1.807) is 12.1 Å². The molecule has 1 fully saturated rings. The SMILES string of the molecule is CC(NC(=O)c1ccc2c(c1)NC(=O)C2)C1CCCO1. The van der Waals surface area contributed by atoms with Crippen molar-refractivity contribution in [1.82, 2.24) is 5.32 Å². The van der Waals surface area contributed by atoms with Crippen molar-refractivity contribution in [1.29, 1.82) is 0 Å². The van der Waals surface area contributed by atoms with Gasteiger partial charge in [0.15, 0.2) is 0 Å². The summed E-state index contributed by atoms with van der Waals surface area (Å²) in [5, 5.41) is 5.72. The fourth-order valence-corrected chi connectivity index (χ4v) is 2.74. The van der Waals surface area contributed by atoms with Gasteiger partial charge < -0.3 is 15.4 Å². The molecular weight excluding hydrogens is 256 g/mol. The van der Waals surface area contributed by atoms with Crippen molar-refractivity contribution in [2.45, 2.75) is 38.3 Å². The molecule has 3 rings (SSSR count). The number of rotatable bonds is 3. The van der Waals surface area contributed by atoms with Gasteiger partial charge >= 0.3 is 0 Å². The molecule has 5 heteroatoms. The summed E-state index contributed by atoms with van der Waals surface area (Å²) in [6.07, 6.45) is 2.54. The van der Waals surface area contributed by atoms with Crippen molar-refractivity contribution in [2.75, 3.05) is 11.9 Å². The third-order valence-electron chi connectivity index (χ3n) is 3.88. The molecule has 0 aliphatic carbocycles. The van der Waals surface area contributed by atoms with Crippen LogP contribution < -0.4 is 10.6 Å². The van der Waals surface area contributed by atoms with Crippen LogP contribution in [0.2, 0.25) is 0 Å². The second-order valence-electron chi connectivity index (χ2n) is 5.41. The topological polar surface area (TPSA) is 67.4 Å². The Bertz CT molecular complexity index is 550. The fraction of sp³-hybridized carbons (Fsp3) is 0.467. The van der Waals surface area contributed by atoms with E-state index in [0.29, 0.717) is 12.0 Å². The van der Waals surface area contributed by atoms with E-state index in [1.165, 1.54) is 0 Å². The molecule has 0 radical (unpaired) electrons. The highest BCUT2D eigenvalue weighted by molar-refractivity contribution is 6.02. The van der Waals surface area contributed by atoms with E-state index in [-0.39, 0.29) is 24.0 Å². The van der Waals surface area contributed by atoms with Gasteiger partial charge in [0.2, 0.25) is 5.91 Å². The summed E-state index contributed by atoms with van der Waals surface area (Å²) in [5.74, 6) is -0.151. The van der Waals surface area contributed by atoms with E-state index >= 15 is 0 Å². The van der Waals surface area contributed by atoms with Crippen LogP contribution in [-0.4, -0.2) is 30.6 Å². The summed E-state index contributed by atoms with van der Waals surface area (Å²) >= 11 is 0. The third kappa shape index (κ3) is 2.54. The van der Waals surface area contributed by atoms with Crippen LogP contribution >= 0.6 is 0 Å². The molecule has 0 aromatic heterocycles. The normalized spacial score (nSPS) is 22.2. The van der Waals surface area contributed by atoms with Crippen LogP contribution in [0.5, 0.6) is 0 Å². The van der Waals surface area contributed by atoms with Gasteiger partial charge in [-0.25, -0.2) is 0 Å². The van der Waals surface area contributed by atoms with Crippen LogP contribution in [-0.2, 0) is 16.0 Å². The number of ether oxygens (including phenoxy) is 1. The quantitative estimate of drug-likeness (QED) is 0.877. The highest BCUT2D eigenvalue weighted by atomic mass is 16.5. The molecule has 0 saturated carbocycles. The van der Waals surface area contributed by atoms with E-state index in [0.717, 1.165) is 30.7 Å². The van der Waals surface area contributed by atoms with Crippen LogP contribution in [0.25, 0.3) is 0 Å². The van der Waals surface area contributed by atoms with E-state index in [2.05, 4.69) is 10.6 Å². The number of anilines is 1. The molecule has 1 aromatic rings. The number of hydrogen-bond acceptors (Lipinski definition) is 3. The summed E-state index contributed by atoms with van der Waals surface area (Å²) in [7, 11) is 0. The summed E-state index contributed by atoms with van der Waals surface area (Å²) in [5.41, 5.74) is 2.25. The lowest BCUT2D eigenvalue weighted by Crippen LogP contribution is -2.40. The average Bonchev–Trinajstić information content (AvgIpc) is 3.05. The predicted molar refractivity (Wildman–Crippen MR) is 74.7 cm³/mol. The Morgan fingerprint density at radius 1 is 1.50 bits per heavy atom. The van der Waals surface area contributed by atoms with Crippen LogP contribution in [0, 0.1) is 0 Å². The first-order chi connectivity index (χ1) is 9.63. The van der Waals surface area contributed by atoms with Gasteiger partial charge in [-0.05, 0) is 37.5 Å². The van der Waals surface area contributed by atoms with Gasteiger partial charge in [0.25, 0.3) is 5.91 Å². The Kier molecular flexibility index (Phi) is 3.44. The maximum atomic E-state index is 12.2. The van der Waals surface area contributed by atoms with Crippen molar-refractivity contribution >= 4 is 17.5 Å². The number of benzene rings is 1. The van der Waals surface area contributed by atoms with Gasteiger partial charge in [-0.15, -0.1) is 0 Å². The molecule has 0 bridgehead atoms. The van der Waals surface area contributed by atoms with Crippen molar-refractivity contribution in [3.05, 3.63) is 29.3 Å². The molecular formula is C15H18N2O3. The van der Waals surface area contributed by atoms with Crippen LogP contribution in [0.15, 0.2) is 18.2 Å². The van der Waals surface area contributed by atoms with Gasteiger partial charge in [-0.3, -0.25) is 9.59 Å². The zero-order valence-electron chi connectivity index (χ0n) is 11.4. The smallest absolute Gasteiger partial charge is 0.251 e. The van der Waals surface area contributed by atoms with Crippen molar-refractivity contribution in [3.63, 3.8) is 0 Å². The molecule has 20 heavy (non-hydrogen) atoms. The summed E-state index contributed by atoms with van der Waals surface area (Å²) in [6.45, 7) is 2.73. The zero-order chi connectivity index (χ0) is 14.1. The second kappa shape index (κ2) is 5.25. The first kappa shape index (κ1) is 13.1. The Morgan fingerprint density at radius 3 is 3.10 bits per heavy atom. The predicted octanol–water partition coefficient (Wildman–Crippen LogP) is 1.48. The van der Waals surface area contributed by atoms with Crippen LogP contribution in [0.3, 0.4) is 0 Å². The molecule has 2 heterocycles. The summed E-state index contributed by atoms with van der Waals surface area (Å²) in [6, 6.07) is 5.32. The largest absolute Gasteiger partial charge is 0.376 e. The van der Waals surface area contributed by atoms with E-state index in [1.807, 2.05) is 13.0 Å². The van der Waals surface area contributed by atoms with Crippen LogP contribution in [0.1, 0.15) is 35.7 Å². The summed E-state index contributed by atoms with van der Waals surface area (Å²) < 4.78 is 5.57. The van der Waals surface area contributed by atoms with Crippen molar-refractivity contribution < 1.29 is 14.3 Å². The second-order valence-corrected chi connectivity index (χ2v) is 5.41. The van der Waals surface area contributed by atoms with Gasteiger partial charge in [-0.2, -0.15) is 0 Å². The van der Waals surface area contributed by atoms with Crippen molar-refractivity contribution in [3.8, 4) is 0 Å². The lowest BCUT2D eigenvalue weighted by atomic mass is 10.1. The molecule has 2 aliphatic rings. The van der Waals surface area contributed by atoms with Gasteiger partial charge in [0, 0.05) is 17.9 Å². The first-order valence-corrected chi connectivity index (χ1v) is 6.99. The standard InChI is InChI=1S/C15H18N2O3/c1-9(13-3-2-6-20-13)16-15(19)11-5-4-10-8-14(18)17-12(10)7-11/h4-5,7,9,13H,2-3,6,8H2,1H3,(H,16,19)(H,17,18). The fourth-order valence-electron chi connectivity index (χ4n) is 2.74. The number of carbonyl (C=O) groups excluding carboxylic acids is 2. The monoisotopic (exact) mass is 274 g/mol. The number of amides is 2. The molecule has 1 saturated heterocycles. The van der Waals surface area contributed by atoms with E-state index < -0.39 is 0 Å². The minimum atomic E-state index is -0.128. The number of carbonyl (C=O) groups is 2. The lowest BCUT2D eigenvalue weighted by molar-refractivity contribution is -0.115. The Balaban J connectivity index is 1.68. The zero-order valence-corrected chi connectivity index (χ0v) is 11.4. The first-order valence-electron chi connectivity index (χ1n) is 6.99. The number of fused-ring (bicyclic) bond motifs is 1. The molecule has 0 spiro atoms. The maximum Gasteiger partial charge on any atom is 0.251 e. The van der Waals surface area contributed by atoms with Crippen molar-refractivity contribution in [2.24, 2.45) is 0 Å². The minimum absolute atomic E-state index is 0.00662. The molecule has 2 atom stereocenters. The molecule has 2 aliphatic heterocycles. The Morgan fingerprint density at radius 2 is 2.35 bits per heavy atom. The Hall–Kier alpha value is -1.88. The number of nitrogens with one attached hydrogen (secondary N) is 2. The maximum absolute atomic E-state index is 12.2. The molecule has 5 nitrogen and oxygen atoms in total.